The van der Waals surface area contributed by atoms with Gasteiger partial charge in [-0.3, -0.25) is 19.7 Å². The molecule has 1 aliphatic heterocycles. The minimum Gasteiger partial charge on any atom is -0.515 e. The number of imide groups is 1. The number of hydrogen-bond donors (Lipinski definition) is 3. The van der Waals surface area contributed by atoms with E-state index in [2.05, 4.69) is 10.6 Å². The summed E-state index contributed by atoms with van der Waals surface area (Å²) >= 11 is 0. The number of amides is 3. The molecule has 0 aliphatic carbocycles. The van der Waals surface area contributed by atoms with Crippen LogP contribution < -0.4 is 10.6 Å². The van der Waals surface area contributed by atoms with E-state index in [4.69, 9.17) is 5.11 Å². The van der Waals surface area contributed by atoms with Crippen LogP contribution in [-0.4, -0.2) is 22.8 Å². The summed E-state index contributed by atoms with van der Waals surface area (Å²) in [6.07, 6.45) is 0.722. The highest BCUT2D eigenvalue weighted by molar-refractivity contribution is 6.31. The van der Waals surface area contributed by atoms with Gasteiger partial charge in [0.25, 0.3) is 17.7 Å². The highest BCUT2D eigenvalue weighted by Crippen LogP contribution is 2.31. The van der Waals surface area contributed by atoms with Crippen LogP contribution in [0.25, 0.3) is 5.57 Å². The van der Waals surface area contributed by atoms with E-state index in [9.17, 15) is 14.4 Å². The van der Waals surface area contributed by atoms with Crippen molar-refractivity contribution in [3.8, 4) is 0 Å². The third-order valence-corrected chi connectivity index (χ3v) is 3.46. The molecular formula is C17H12N2O4. The van der Waals surface area contributed by atoms with Gasteiger partial charge in [-0.05, 0) is 24.3 Å². The van der Waals surface area contributed by atoms with Gasteiger partial charge in [0.1, 0.15) is 0 Å². The van der Waals surface area contributed by atoms with Gasteiger partial charge in [-0.2, -0.15) is 0 Å². The summed E-state index contributed by atoms with van der Waals surface area (Å²) in [4.78, 5) is 35.7. The molecule has 1 heterocycles. The van der Waals surface area contributed by atoms with Gasteiger partial charge in [0.2, 0.25) is 0 Å². The van der Waals surface area contributed by atoms with Crippen LogP contribution >= 0.6 is 0 Å². The van der Waals surface area contributed by atoms with Crippen LogP contribution in [0.15, 0.2) is 54.8 Å². The fourth-order valence-corrected chi connectivity index (χ4v) is 2.30. The fourth-order valence-electron chi connectivity index (χ4n) is 2.30. The van der Waals surface area contributed by atoms with Crippen LogP contribution in [0.4, 0.5) is 5.69 Å². The van der Waals surface area contributed by atoms with E-state index in [0.717, 1.165) is 6.26 Å². The van der Waals surface area contributed by atoms with Gasteiger partial charge in [0.15, 0.2) is 0 Å². The van der Waals surface area contributed by atoms with Crippen molar-refractivity contribution in [2.24, 2.45) is 0 Å². The maximum atomic E-state index is 12.2. The first-order valence-electron chi connectivity index (χ1n) is 6.81. The number of carbonyl (C=O) groups is 3. The first-order valence-corrected chi connectivity index (χ1v) is 6.81. The van der Waals surface area contributed by atoms with E-state index in [1.807, 2.05) is 0 Å². The Morgan fingerprint density at radius 3 is 2.39 bits per heavy atom. The number of carbonyl (C=O) groups excluding carboxylic acids is 3. The Hall–Kier alpha value is -3.41. The number of fused-ring (bicyclic) bond motifs is 1. The average Bonchev–Trinajstić information content (AvgIpc) is 2.89. The smallest absolute Gasteiger partial charge is 0.259 e. The zero-order chi connectivity index (χ0) is 16.4. The lowest BCUT2D eigenvalue weighted by molar-refractivity contribution is -0.110. The molecular weight excluding hydrogens is 296 g/mol. The minimum absolute atomic E-state index is 0.132. The SMILES string of the molecule is O=C1Nc2cc(C(=O)NC(=O)c3ccccc3)ccc2C1=CO. The van der Waals surface area contributed by atoms with Crippen molar-refractivity contribution in [1.29, 1.82) is 0 Å². The zero-order valence-electron chi connectivity index (χ0n) is 11.9. The Morgan fingerprint density at radius 2 is 1.70 bits per heavy atom. The third-order valence-electron chi connectivity index (χ3n) is 3.46. The lowest BCUT2D eigenvalue weighted by atomic mass is 10.1. The van der Waals surface area contributed by atoms with E-state index in [0.29, 0.717) is 16.8 Å². The van der Waals surface area contributed by atoms with Crippen molar-refractivity contribution in [3.05, 3.63) is 71.5 Å². The Kier molecular flexibility index (Phi) is 3.64. The van der Waals surface area contributed by atoms with Crippen molar-refractivity contribution in [2.45, 2.75) is 0 Å². The van der Waals surface area contributed by atoms with E-state index < -0.39 is 17.7 Å². The second-order valence-corrected chi connectivity index (χ2v) is 4.91. The first-order chi connectivity index (χ1) is 11.1. The molecule has 0 aromatic heterocycles. The number of aliphatic hydroxyl groups is 1. The van der Waals surface area contributed by atoms with E-state index in [1.54, 1.807) is 30.3 Å². The van der Waals surface area contributed by atoms with Gasteiger partial charge >= 0.3 is 0 Å². The highest BCUT2D eigenvalue weighted by Gasteiger charge is 2.25. The average molecular weight is 308 g/mol. The monoisotopic (exact) mass is 308 g/mol. The second kappa shape index (κ2) is 5.76. The minimum atomic E-state index is -0.572. The van der Waals surface area contributed by atoms with Crippen molar-refractivity contribution >= 4 is 29.0 Å². The zero-order valence-corrected chi connectivity index (χ0v) is 11.9. The number of aliphatic hydroxyl groups excluding tert-OH is 1. The molecule has 0 radical (unpaired) electrons. The third kappa shape index (κ3) is 2.69. The predicted octanol–water partition coefficient (Wildman–Crippen LogP) is 2.11. The standard InChI is InChI=1S/C17H12N2O4/c20-9-13-12-7-6-11(8-14(12)18-17(13)23)16(22)19-15(21)10-4-2-1-3-5-10/h1-9,20H,(H,18,23)(H,19,21,22). The van der Waals surface area contributed by atoms with Crippen LogP contribution in [0.3, 0.4) is 0 Å². The molecule has 0 spiro atoms. The molecule has 2 aromatic carbocycles. The lowest BCUT2D eigenvalue weighted by Crippen LogP contribution is -2.30. The largest absolute Gasteiger partial charge is 0.515 e. The molecule has 0 saturated carbocycles. The molecule has 3 rings (SSSR count). The summed E-state index contributed by atoms with van der Waals surface area (Å²) < 4.78 is 0. The van der Waals surface area contributed by atoms with Gasteiger partial charge in [-0.25, -0.2) is 0 Å². The molecule has 3 N–H and O–H groups in total. The van der Waals surface area contributed by atoms with Crippen molar-refractivity contribution in [1.82, 2.24) is 5.32 Å². The number of hydrogen-bond acceptors (Lipinski definition) is 4. The molecule has 3 amide bonds. The Morgan fingerprint density at radius 1 is 1.00 bits per heavy atom. The fraction of sp³-hybridized carbons (Fsp3) is 0. The van der Waals surface area contributed by atoms with Crippen LogP contribution in [0.2, 0.25) is 0 Å². The topological polar surface area (TPSA) is 95.5 Å². The highest BCUT2D eigenvalue weighted by atomic mass is 16.2. The van der Waals surface area contributed by atoms with Crippen LogP contribution in [0.1, 0.15) is 26.3 Å². The van der Waals surface area contributed by atoms with Crippen molar-refractivity contribution < 1.29 is 19.5 Å². The van der Waals surface area contributed by atoms with Crippen LogP contribution in [-0.2, 0) is 4.79 Å². The summed E-state index contributed by atoms with van der Waals surface area (Å²) in [6.45, 7) is 0. The van der Waals surface area contributed by atoms with Gasteiger partial charge in [0.05, 0.1) is 11.8 Å². The molecule has 23 heavy (non-hydrogen) atoms. The molecule has 0 saturated heterocycles. The molecule has 6 nitrogen and oxygen atoms in total. The van der Waals surface area contributed by atoms with E-state index >= 15 is 0 Å². The van der Waals surface area contributed by atoms with Crippen LogP contribution in [0.5, 0.6) is 0 Å². The summed E-state index contributed by atoms with van der Waals surface area (Å²) in [5, 5.41) is 13.9. The molecule has 114 valence electrons. The number of nitrogens with one attached hydrogen (secondary N) is 2. The molecule has 1 aliphatic rings. The van der Waals surface area contributed by atoms with Gasteiger partial charge in [0, 0.05) is 22.4 Å². The summed E-state index contributed by atoms with van der Waals surface area (Å²) in [5.41, 5.74) is 1.65. The number of rotatable bonds is 2. The second-order valence-electron chi connectivity index (χ2n) is 4.91. The number of benzene rings is 2. The molecule has 0 bridgehead atoms. The molecule has 2 aromatic rings. The quantitative estimate of drug-likeness (QED) is 0.450. The summed E-state index contributed by atoms with van der Waals surface area (Å²) in [7, 11) is 0. The maximum absolute atomic E-state index is 12.2. The molecule has 6 heteroatoms. The number of anilines is 1. The van der Waals surface area contributed by atoms with Gasteiger partial charge in [-0.1, -0.05) is 24.3 Å². The van der Waals surface area contributed by atoms with Crippen molar-refractivity contribution in [3.63, 3.8) is 0 Å². The van der Waals surface area contributed by atoms with Gasteiger partial charge in [-0.15, -0.1) is 0 Å². The summed E-state index contributed by atoms with van der Waals surface area (Å²) in [5.74, 6) is -1.52. The Bertz CT molecular complexity index is 841. The normalized spacial score (nSPS) is 14.3. The Balaban J connectivity index is 1.81. The Labute approximate surface area is 131 Å². The van der Waals surface area contributed by atoms with E-state index in [1.165, 1.54) is 18.2 Å². The van der Waals surface area contributed by atoms with Crippen molar-refractivity contribution in [2.75, 3.05) is 5.32 Å². The van der Waals surface area contributed by atoms with E-state index in [-0.39, 0.29) is 11.1 Å². The maximum Gasteiger partial charge on any atom is 0.259 e. The van der Waals surface area contributed by atoms with Gasteiger partial charge < -0.3 is 10.4 Å². The molecule has 0 fully saturated rings. The lowest BCUT2D eigenvalue weighted by Gasteiger charge is -2.06. The van der Waals surface area contributed by atoms with Crippen LogP contribution in [0, 0.1) is 0 Å². The predicted molar refractivity (Wildman–Crippen MR) is 83.9 cm³/mol. The first kappa shape index (κ1) is 14.5. The molecule has 0 unspecified atom stereocenters. The summed E-state index contributed by atoms with van der Waals surface area (Å²) in [6, 6.07) is 12.9. The molecule has 0 atom stereocenters.